The van der Waals surface area contributed by atoms with E-state index < -0.39 is 0 Å². The molecule has 5 heteroatoms. The summed E-state index contributed by atoms with van der Waals surface area (Å²) in [6.45, 7) is 1.77. The van der Waals surface area contributed by atoms with Gasteiger partial charge in [-0.1, -0.05) is 31.9 Å². The summed E-state index contributed by atoms with van der Waals surface area (Å²) in [4.78, 5) is 18.6. The van der Waals surface area contributed by atoms with Gasteiger partial charge >= 0.3 is 0 Å². The lowest BCUT2D eigenvalue weighted by atomic mass is 10.2. The van der Waals surface area contributed by atoms with Gasteiger partial charge in [0.05, 0.1) is 10.9 Å². The van der Waals surface area contributed by atoms with E-state index in [-0.39, 0.29) is 5.56 Å². The van der Waals surface area contributed by atoms with Gasteiger partial charge in [-0.25, -0.2) is 4.98 Å². The Hall–Kier alpha value is -0.680. The molecule has 0 unspecified atom stereocenters. The van der Waals surface area contributed by atoms with Gasteiger partial charge in [-0.3, -0.25) is 4.79 Å². The van der Waals surface area contributed by atoms with E-state index in [0.29, 0.717) is 22.1 Å². The second-order valence-corrected chi connectivity index (χ2v) is 4.66. The van der Waals surface area contributed by atoms with E-state index >= 15 is 0 Å². The molecule has 0 spiro atoms. The first-order valence-electron chi connectivity index (χ1n) is 4.37. The van der Waals surface area contributed by atoms with Crippen LogP contribution in [0.2, 0.25) is 0 Å². The third-order valence-electron chi connectivity index (χ3n) is 2.14. The van der Waals surface area contributed by atoms with E-state index in [9.17, 15) is 4.79 Å². The third-order valence-corrected chi connectivity index (χ3v) is 3.48. The summed E-state index contributed by atoms with van der Waals surface area (Å²) in [5.41, 5.74) is 1.67. The molecular formula is C10H8Br2N2O. The van der Waals surface area contributed by atoms with Crippen molar-refractivity contribution in [2.45, 2.75) is 12.3 Å². The Bertz CT molecular complexity index is 577. The molecule has 0 radical (unpaired) electrons. The van der Waals surface area contributed by atoms with Crippen LogP contribution in [0.15, 0.2) is 21.4 Å². The highest BCUT2D eigenvalue weighted by molar-refractivity contribution is 9.10. The van der Waals surface area contributed by atoms with Gasteiger partial charge in [-0.05, 0) is 24.6 Å². The zero-order valence-electron chi connectivity index (χ0n) is 7.97. The van der Waals surface area contributed by atoms with Crippen LogP contribution in [0.5, 0.6) is 0 Å². The fraction of sp³-hybridized carbons (Fsp3) is 0.200. The van der Waals surface area contributed by atoms with Crippen molar-refractivity contribution in [3.63, 3.8) is 0 Å². The zero-order valence-corrected chi connectivity index (χ0v) is 11.1. The molecule has 0 aliphatic heterocycles. The first kappa shape index (κ1) is 10.8. The van der Waals surface area contributed by atoms with Gasteiger partial charge in [0.25, 0.3) is 5.56 Å². The molecular weight excluding hydrogens is 324 g/mol. The fourth-order valence-electron chi connectivity index (χ4n) is 1.42. The van der Waals surface area contributed by atoms with Gasteiger partial charge < -0.3 is 4.98 Å². The Morgan fingerprint density at radius 2 is 2.20 bits per heavy atom. The standard InChI is InChI=1S/C10H8Br2N2O/c1-5-13-9-3-8(12)6(4-11)2-7(9)10(15)14-5/h2-3H,4H2,1H3,(H,13,14,15). The van der Waals surface area contributed by atoms with Crippen molar-refractivity contribution in [3.8, 4) is 0 Å². The van der Waals surface area contributed by atoms with Crippen LogP contribution in [0.3, 0.4) is 0 Å². The van der Waals surface area contributed by atoms with Crippen LogP contribution in [0.25, 0.3) is 10.9 Å². The van der Waals surface area contributed by atoms with Crippen LogP contribution in [0, 0.1) is 6.92 Å². The summed E-state index contributed by atoms with van der Waals surface area (Å²) in [6, 6.07) is 3.72. The minimum absolute atomic E-state index is 0.0906. The van der Waals surface area contributed by atoms with Gasteiger partial charge in [-0.15, -0.1) is 0 Å². The van der Waals surface area contributed by atoms with E-state index in [1.54, 1.807) is 6.92 Å². The fourth-order valence-corrected chi connectivity index (χ4v) is 2.74. The van der Waals surface area contributed by atoms with E-state index in [1.807, 2.05) is 12.1 Å². The number of H-pyrrole nitrogens is 1. The number of halogens is 2. The van der Waals surface area contributed by atoms with Crippen molar-refractivity contribution in [1.82, 2.24) is 9.97 Å². The molecule has 2 rings (SSSR count). The third kappa shape index (κ3) is 1.99. The van der Waals surface area contributed by atoms with E-state index in [0.717, 1.165) is 10.0 Å². The number of nitrogens with one attached hydrogen (secondary N) is 1. The lowest BCUT2D eigenvalue weighted by Gasteiger charge is -2.03. The Labute approximate surface area is 103 Å². The normalized spacial score (nSPS) is 10.9. The first-order chi connectivity index (χ1) is 7.11. The average Bonchev–Trinajstić information content (AvgIpc) is 2.16. The number of fused-ring (bicyclic) bond motifs is 1. The summed E-state index contributed by atoms with van der Waals surface area (Å²) in [6.07, 6.45) is 0. The topological polar surface area (TPSA) is 45.8 Å². The van der Waals surface area contributed by atoms with E-state index in [2.05, 4.69) is 41.8 Å². The number of hydrogen-bond acceptors (Lipinski definition) is 2. The molecule has 0 saturated carbocycles. The van der Waals surface area contributed by atoms with Crippen LogP contribution < -0.4 is 5.56 Å². The molecule has 1 aromatic carbocycles. The molecule has 0 fully saturated rings. The van der Waals surface area contributed by atoms with Crippen molar-refractivity contribution in [3.05, 3.63) is 38.3 Å². The number of benzene rings is 1. The lowest BCUT2D eigenvalue weighted by molar-refractivity contribution is 1.06. The maximum absolute atomic E-state index is 11.7. The molecule has 2 aromatic rings. The van der Waals surface area contributed by atoms with Gasteiger partial charge in [0, 0.05) is 9.80 Å². The van der Waals surface area contributed by atoms with Crippen molar-refractivity contribution in [1.29, 1.82) is 0 Å². The molecule has 1 aromatic heterocycles. The smallest absolute Gasteiger partial charge is 0.258 e. The summed E-state index contributed by atoms with van der Waals surface area (Å²) in [5, 5.41) is 1.33. The molecule has 0 atom stereocenters. The Morgan fingerprint density at radius 3 is 2.87 bits per heavy atom. The summed E-state index contributed by atoms with van der Waals surface area (Å²) in [7, 11) is 0. The van der Waals surface area contributed by atoms with Crippen LogP contribution in [0.4, 0.5) is 0 Å². The zero-order chi connectivity index (χ0) is 11.0. The van der Waals surface area contributed by atoms with Crippen LogP contribution in [0.1, 0.15) is 11.4 Å². The Balaban J connectivity index is 2.87. The Kier molecular flexibility index (Phi) is 2.93. The van der Waals surface area contributed by atoms with Gasteiger partial charge in [-0.2, -0.15) is 0 Å². The molecule has 1 heterocycles. The molecule has 0 aliphatic rings. The van der Waals surface area contributed by atoms with Crippen molar-refractivity contribution in [2.24, 2.45) is 0 Å². The summed E-state index contributed by atoms with van der Waals surface area (Å²) < 4.78 is 0.962. The maximum atomic E-state index is 11.7. The predicted molar refractivity (Wildman–Crippen MR) is 67.4 cm³/mol. The molecule has 0 aliphatic carbocycles. The van der Waals surface area contributed by atoms with Crippen LogP contribution in [-0.4, -0.2) is 9.97 Å². The highest BCUT2D eigenvalue weighted by Crippen LogP contribution is 2.23. The molecule has 78 valence electrons. The summed E-state index contributed by atoms with van der Waals surface area (Å²) in [5.74, 6) is 0.631. The van der Waals surface area contributed by atoms with E-state index in [4.69, 9.17) is 0 Å². The van der Waals surface area contributed by atoms with E-state index in [1.165, 1.54) is 0 Å². The number of aromatic amines is 1. The van der Waals surface area contributed by atoms with Gasteiger partial charge in [0.15, 0.2) is 0 Å². The monoisotopic (exact) mass is 330 g/mol. The second-order valence-electron chi connectivity index (χ2n) is 3.25. The average molecular weight is 332 g/mol. The molecule has 15 heavy (non-hydrogen) atoms. The number of nitrogens with zero attached hydrogens (tertiary/aromatic N) is 1. The van der Waals surface area contributed by atoms with Crippen LogP contribution in [-0.2, 0) is 5.33 Å². The Morgan fingerprint density at radius 1 is 1.47 bits per heavy atom. The molecule has 0 amide bonds. The number of aryl methyl sites for hydroxylation is 1. The van der Waals surface area contributed by atoms with Gasteiger partial charge in [0.2, 0.25) is 0 Å². The molecule has 0 saturated heterocycles. The minimum Gasteiger partial charge on any atom is -0.310 e. The van der Waals surface area contributed by atoms with Crippen LogP contribution >= 0.6 is 31.9 Å². The highest BCUT2D eigenvalue weighted by atomic mass is 79.9. The van der Waals surface area contributed by atoms with Crippen molar-refractivity contribution in [2.75, 3.05) is 0 Å². The minimum atomic E-state index is -0.0906. The van der Waals surface area contributed by atoms with Gasteiger partial charge in [0.1, 0.15) is 5.82 Å². The van der Waals surface area contributed by atoms with Crippen molar-refractivity contribution >= 4 is 42.8 Å². The maximum Gasteiger partial charge on any atom is 0.258 e. The number of aromatic nitrogens is 2. The molecule has 3 nitrogen and oxygen atoms in total. The molecule has 1 N–H and O–H groups in total. The quantitative estimate of drug-likeness (QED) is 0.817. The van der Waals surface area contributed by atoms with Crippen molar-refractivity contribution < 1.29 is 0 Å². The molecule has 0 bridgehead atoms. The SMILES string of the molecule is Cc1nc2cc(Br)c(CBr)cc2c(=O)[nH]1. The predicted octanol–water partition coefficient (Wildman–Crippen LogP) is 2.89. The number of alkyl halides is 1. The second kappa shape index (κ2) is 4.06. The lowest BCUT2D eigenvalue weighted by Crippen LogP contribution is -2.10. The summed E-state index contributed by atoms with van der Waals surface area (Å²) >= 11 is 6.81. The first-order valence-corrected chi connectivity index (χ1v) is 6.28. The number of rotatable bonds is 1. The largest absolute Gasteiger partial charge is 0.310 e. The number of hydrogen-bond donors (Lipinski definition) is 1. The highest BCUT2D eigenvalue weighted by Gasteiger charge is 2.06.